The largest absolute Gasteiger partial charge is 0.381 e. The van der Waals surface area contributed by atoms with E-state index < -0.39 is 36.5 Å². The van der Waals surface area contributed by atoms with E-state index in [4.69, 9.17) is 4.74 Å². The van der Waals surface area contributed by atoms with E-state index in [-0.39, 0.29) is 19.1 Å². The van der Waals surface area contributed by atoms with Crippen LogP contribution in [0.2, 0.25) is 0 Å². The first-order valence-corrected chi connectivity index (χ1v) is 15.3. The molecule has 4 rings (SSSR count). The first-order valence-electron chi connectivity index (χ1n) is 11.9. The fraction of sp³-hybridized carbons (Fsp3) is 0.520. The number of hydrogen-bond donors (Lipinski definition) is 1. The Morgan fingerprint density at radius 1 is 1.11 bits per heavy atom. The minimum absolute atomic E-state index is 0.0450. The number of nitrogens with zero attached hydrogens (tertiary/aromatic N) is 1. The van der Waals surface area contributed by atoms with Crippen LogP contribution in [0.25, 0.3) is 0 Å². The molecule has 2 saturated heterocycles. The predicted octanol–water partition coefficient (Wildman–Crippen LogP) is 3.48. The Balaban J connectivity index is 1.60. The van der Waals surface area contributed by atoms with Crippen LogP contribution >= 0.6 is 0 Å². The number of nitrogens with one attached hydrogen (secondary N) is 1. The lowest BCUT2D eigenvalue weighted by atomic mass is 9.74. The van der Waals surface area contributed by atoms with E-state index in [1.165, 1.54) is 10.4 Å². The van der Waals surface area contributed by atoms with Crippen LogP contribution in [0, 0.1) is 5.82 Å². The zero-order valence-corrected chi connectivity index (χ0v) is 21.7. The van der Waals surface area contributed by atoms with Gasteiger partial charge in [-0.15, -0.1) is 0 Å². The quantitative estimate of drug-likeness (QED) is 0.599. The third-order valence-electron chi connectivity index (χ3n) is 7.31. The lowest BCUT2D eigenvalue weighted by Crippen LogP contribution is -2.45. The van der Waals surface area contributed by atoms with Crippen LogP contribution in [0.4, 0.5) is 4.39 Å². The molecule has 0 aliphatic carbocycles. The molecule has 1 N–H and O–H groups in total. The number of hydrogen-bond acceptors (Lipinski definition) is 5. The molecule has 35 heavy (non-hydrogen) atoms. The van der Waals surface area contributed by atoms with Gasteiger partial charge in [0.1, 0.15) is 11.1 Å². The Bertz CT molecular complexity index is 1250. The summed E-state index contributed by atoms with van der Waals surface area (Å²) in [5.41, 5.74) is 1.16. The van der Waals surface area contributed by atoms with E-state index in [9.17, 15) is 16.8 Å². The number of halogens is 1. The van der Waals surface area contributed by atoms with Gasteiger partial charge in [-0.1, -0.05) is 42.5 Å². The van der Waals surface area contributed by atoms with Gasteiger partial charge >= 0.3 is 0 Å². The third-order valence-corrected chi connectivity index (χ3v) is 10.3. The molecule has 0 saturated carbocycles. The molecule has 0 aromatic heterocycles. The van der Waals surface area contributed by atoms with Crippen molar-refractivity contribution in [2.75, 3.05) is 26.0 Å². The van der Waals surface area contributed by atoms with Crippen molar-refractivity contribution in [1.82, 2.24) is 9.03 Å². The smallest absolute Gasteiger partial charge is 0.221 e. The van der Waals surface area contributed by atoms with Gasteiger partial charge in [-0.25, -0.2) is 25.9 Å². The van der Waals surface area contributed by atoms with E-state index in [0.29, 0.717) is 50.0 Å². The standard InChI is InChI=1S/C25H33FN2O5S2/c1-19-8-11-24(20-6-4-3-5-7-20)35(31,32)28(19)17-21-9-10-22(16-23(21)26)25(12-14-33-15-13-25)18-27-34(2,29)30/h3-7,9-10,16,19,24,27H,8,11-15,17-18H2,1-2H3/t19-,24+/m0/s1. The van der Waals surface area contributed by atoms with E-state index in [0.717, 1.165) is 11.8 Å². The highest BCUT2D eigenvalue weighted by Crippen LogP contribution is 2.39. The fourth-order valence-electron chi connectivity index (χ4n) is 5.12. The second-order valence-corrected chi connectivity index (χ2v) is 13.6. The van der Waals surface area contributed by atoms with Gasteiger partial charge in [0, 0.05) is 43.3 Å². The normalized spacial score (nSPS) is 24.8. The average Bonchev–Trinajstić information content (AvgIpc) is 2.82. The summed E-state index contributed by atoms with van der Waals surface area (Å²) in [6.07, 6.45) is 3.45. The van der Waals surface area contributed by atoms with E-state index in [1.54, 1.807) is 12.1 Å². The molecular weight excluding hydrogens is 491 g/mol. The van der Waals surface area contributed by atoms with Crippen LogP contribution in [0.15, 0.2) is 48.5 Å². The Labute approximate surface area is 207 Å². The van der Waals surface area contributed by atoms with Crippen LogP contribution in [0.5, 0.6) is 0 Å². The summed E-state index contributed by atoms with van der Waals surface area (Å²) in [4.78, 5) is 0. The second kappa shape index (κ2) is 10.3. The maximum absolute atomic E-state index is 15.4. The van der Waals surface area contributed by atoms with Crippen molar-refractivity contribution in [3.8, 4) is 0 Å². The van der Waals surface area contributed by atoms with Gasteiger partial charge in [-0.05, 0) is 49.8 Å². The van der Waals surface area contributed by atoms with Gasteiger partial charge < -0.3 is 4.74 Å². The fourth-order valence-corrected chi connectivity index (χ4v) is 7.85. The predicted molar refractivity (Wildman–Crippen MR) is 133 cm³/mol. The van der Waals surface area contributed by atoms with Crippen molar-refractivity contribution in [3.05, 3.63) is 71.0 Å². The second-order valence-electron chi connectivity index (χ2n) is 9.71. The molecule has 7 nitrogen and oxygen atoms in total. The van der Waals surface area contributed by atoms with Gasteiger partial charge in [-0.3, -0.25) is 0 Å². The van der Waals surface area contributed by atoms with Crippen molar-refractivity contribution < 1.29 is 26.0 Å². The van der Waals surface area contributed by atoms with E-state index in [2.05, 4.69) is 4.72 Å². The number of rotatable bonds is 7. The van der Waals surface area contributed by atoms with Crippen LogP contribution in [0.1, 0.15) is 54.5 Å². The first-order chi connectivity index (χ1) is 16.5. The Morgan fingerprint density at radius 3 is 2.43 bits per heavy atom. The molecule has 2 fully saturated rings. The SMILES string of the molecule is C[C@H]1CC[C@H](c2ccccc2)S(=O)(=O)N1Cc1ccc(C2(CNS(C)(=O)=O)CCOCC2)cc1F. The summed E-state index contributed by atoms with van der Waals surface area (Å²) < 4.78 is 75.4. The van der Waals surface area contributed by atoms with Crippen LogP contribution in [0.3, 0.4) is 0 Å². The summed E-state index contributed by atoms with van der Waals surface area (Å²) >= 11 is 0. The van der Waals surface area contributed by atoms with E-state index >= 15 is 4.39 Å². The Hall–Kier alpha value is -1.85. The lowest BCUT2D eigenvalue weighted by molar-refractivity contribution is 0.0516. The molecule has 0 bridgehead atoms. The zero-order valence-electron chi connectivity index (χ0n) is 20.1. The van der Waals surface area contributed by atoms with E-state index in [1.807, 2.05) is 37.3 Å². The lowest BCUT2D eigenvalue weighted by Gasteiger charge is -2.39. The van der Waals surface area contributed by atoms with Gasteiger partial charge in [0.15, 0.2) is 0 Å². The van der Waals surface area contributed by atoms with Gasteiger partial charge in [-0.2, -0.15) is 4.31 Å². The average molecular weight is 525 g/mol. The molecule has 2 heterocycles. The molecule has 2 aromatic carbocycles. The first kappa shape index (κ1) is 26.2. The molecule has 0 unspecified atom stereocenters. The van der Waals surface area contributed by atoms with Crippen molar-refractivity contribution in [2.45, 2.75) is 55.9 Å². The third kappa shape index (κ3) is 5.77. The molecule has 192 valence electrons. The Morgan fingerprint density at radius 2 is 1.80 bits per heavy atom. The van der Waals surface area contributed by atoms with Crippen molar-refractivity contribution in [1.29, 1.82) is 0 Å². The maximum Gasteiger partial charge on any atom is 0.221 e. The van der Waals surface area contributed by atoms with Crippen molar-refractivity contribution >= 4 is 20.0 Å². The summed E-state index contributed by atoms with van der Waals surface area (Å²) in [7, 11) is -7.09. The highest BCUT2D eigenvalue weighted by Gasteiger charge is 2.41. The molecule has 0 radical (unpaired) electrons. The summed E-state index contributed by atoms with van der Waals surface area (Å²) in [5.74, 6) is -0.489. The van der Waals surface area contributed by atoms with Gasteiger partial charge in [0.25, 0.3) is 0 Å². The van der Waals surface area contributed by atoms with Crippen LogP contribution < -0.4 is 4.72 Å². The highest BCUT2D eigenvalue weighted by atomic mass is 32.2. The number of benzene rings is 2. The Kier molecular flexibility index (Phi) is 7.68. The maximum atomic E-state index is 15.4. The zero-order chi connectivity index (χ0) is 25.3. The topological polar surface area (TPSA) is 92.8 Å². The van der Waals surface area contributed by atoms with Crippen molar-refractivity contribution in [3.63, 3.8) is 0 Å². The molecule has 2 aromatic rings. The molecule has 2 aliphatic rings. The minimum atomic E-state index is -3.68. The number of sulfonamides is 2. The molecule has 2 atom stereocenters. The summed E-state index contributed by atoms with van der Waals surface area (Å²) in [6.45, 7) is 2.89. The molecule has 0 amide bonds. The summed E-state index contributed by atoms with van der Waals surface area (Å²) in [5, 5.41) is -0.644. The van der Waals surface area contributed by atoms with Crippen LogP contribution in [-0.2, 0) is 36.7 Å². The summed E-state index contributed by atoms with van der Waals surface area (Å²) in [6, 6.07) is 13.8. The molecule has 2 aliphatic heterocycles. The van der Waals surface area contributed by atoms with Crippen molar-refractivity contribution in [2.24, 2.45) is 0 Å². The van der Waals surface area contributed by atoms with Gasteiger partial charge in [0.2, 0.25) is 20.0 Å². The molecule has 10 heteroatoms. The monoisotopic (exact) mass is 524 g/mol. The molecule has 0 spiro atoms. The molecular formula is C25H33FN2O5S2. The minimum Gasteiger partial charge on any atom is -0.381 e. The van der Waals surface area contributed by atoms with Crippen LogP contribution in [-0.4, -0.2) is 53.2 Å². The highest BCUT2D eigenvalue weighted by molar-refractivity contribution is 7.89. The van der Waals surface area contributed by atoms with Gasteiger partial charge in [0.05, 0.1) is 6.26 Å². The number of ether oxygens (including phenoxy) is 1.